The number of nitroso groups, excluding NO2 is 1. The van der Waals surface area contributed by atoms with Crippen LogP contribution in [-0.2, 0) is 9.53 Å². The number of hydrogen-bond donors (Lipinski definition) is 0. The van der Waals surface area contributed by atoms with Gasteiger partial charge in [-0.15, -0.1) is 4.91 Å². The first-order chi connectivity index (χ1) is 9.60. The zero-order valence-electron chi connectivity index (χ0n) is 11.7. The Morgan fingerprint density at radius 2 is 2.25 bits per heavy atom. The van der Waals surface area contributed by atoms with Gasteiger partial charge in [0.2, 0.25) is 0 Å². The van der Waals surface area contributed by atoms with E-state index in [0.29, 0.717) is 19.5 Å². The number of hydrogen-bond acceptors (Lipinski definition) is 4. The number of allylic oxidation sites excluding steroid dienone is 1. The minimum absolute atomic E-state index is 0.00203. The van der Waals surface area contributed by atoms with Crippen LogP contribution in [0.25, 0.3) is 0 Å². The normalized spacial score (nSPS) is 18.8. The first-order valence-electron chi connectivity index (χ1n) is 6.70. The summed E-state index contributed by atoms with van der Waals surface area (Å²) in [5, 5.41) is 2.37. The smallest absolute Gasteiger partial charge is 0.410 e. The molecule has 0 aromatic heterocycles. The van der Waals surface area contributed by atoms with E-state index in [-0.39, 0.29) is 18.9 Å². The Kier molecular flexibility index (Phi) is 6.63. The topological polar surface area (TPSA) is 76.0 Å². The van der Waals surface area contributed by atoms with Crippen LogP contribution in [0.3, 0.4) is 0 Å². The van der Waals surface area contributed by atoms with Gasteiger partial charge in [-0.2, -0.15) is 0 Å². The Morgan fingerprint density at radius 3 is 2.85 bits per heavy atom. The molecule has 1 saturated heterocycles. The first-order valence-corrected chi connectivity index (χ1v) is 6.70. The lowest BCUT2D eigenvalue weighted by Gasteiger charge is -2.16. The van der Waals surface area contributed by atoms with Crippen molar-refractivity contribution in [1.29, 1.82) is 0 Å². The summed E-state index contributed by atoms with van der Waals surface area (Å²) in [7, 11) is 0. The number of likely N-dealkylation sites (tertiary alicyclic amines) is 1. The summed E-state index contributed by atoms with van der Waals surface area (Å²) < 4.78 is 5.19. The van der Waals surface area contributed by atoms with Crippen LogP contribution in [0.5, 0.6) is 0 Å². The molecule has 0 radical (unpaired) electrons. The molecule has 6 nitrogen and oxygen atoms in total. The van der Waals surface area contributed by atoms with Crippen molar-refractivity contribution in [1.82, 2.24) is 4.90 Å². The van der Waals surface area contributed by atoms with Gasteiger partial charge < -0.3 is 9.64 Å². The lowest BCUT2D eigenvalue weighted by Crippen LogP contribution is -2.30. The lowest BCUT2D eigenvalue weighted by atomic mass is 10.1. The summed E-state index contributed by atoms with van der Waals surface area (Å²) in [4.78, 5) is 34.4. The molecule has 1 fully saturated rings. The largest absolute Gasteiger partial charge is 0.445 e. The molecule has 2 amide bonds. The fourth-order valence-electron chi connectivity index (χ4n) is 2.15. The lowest BCUT2D eigenvalue weighted by molar-refractivity contribution is -0.118. The first kappa shape index (κ1) is 16.1. The number of carbonyl (C=O) groups is 2. The third-order valence-electron chi connectivity index (χ3n) is 3.20. The van der Waals surface area contributed by atoms with Crippen molar-refractivity contribution in [3.63, 3.8) is 0 Å². The predicted octanol–water partition coefficient (Wildman–Crippen LogP) is 2.65. The van der Waals surface area contributed by atoms with Gasteiger partial charge in [0.25, 0.3) is 5.91 Å². The molecule has 0 N–H and O–H groups in total. The number of rotatable bonds is 6. The summed E-state index contributed by atoms with van der Waals surface area (Å²) in [5.41, 5.74) is 0.872. The second-order valence-electron chi connectivity index (χ2n) is 4.74. The highest BCUT2D eigenvalue weighted by molar-refractivity contribution is 5.77. The van der Waals surface area contributed by atoms with Crippen molar-refractivity contribution >= 4 is 12.0 Å². The van der Waals surface area contributed by atoms with E-state index in [1.807, 2.05) is 13.0 Å². The fraction of sp³-hybridized carbons (Fsp3) is 0.571. The van der Waals surface area contributed by atoms with Gasteiger partial charge in [0.05, 0.1) is 0 Å². The summed E-state index contributed by atoms with van der Waals surface area (Å²) >= 11 is 0. The Labute approximate surface area is 118 Å². The Bertz CT molecular complexity index is 417. The molecule has 0 aromatic rings. The Balaban J connectivity index is 2.38. The molecule has 110 valence electrons. The molecule has 6 heteroatoms. The predicted molar refractivity (Wildman–Crippen MR) is 75.0 cm³/mol. The number of carbonyl (C=O) groups excluding carboxylic acids is 2. The van der Waals surface area contributed by atoms with E-state index in [2.05, 4.69) is 11.8 Å². The van der Waals surface area contributed by atoms with Crippen LogP contribution in [0.2, 0.25) is 0 Å². The molecular formula is C14H20N2O4. The average Bonchev–Trinajstić information content (AvgIpc) is 2.91. The highest BCUT2D eigenvalue weighted by atomic mass is 16.6. The summed E-state index contributed by atoms with van der Waals surface area (Å²) in [6.45, 7) is 6.82. The van der Waals surface area contributed by atoms with Crippen LogP contribution in [0.1, 0.15) is 26.2 Å². The second kappa shape index (κ2) is 8.24. The third kappa shape index (κ3) is 4.95. The Morgan fingerprint density at radius 1 is 1.50 bits per heavy atom. The zero-order valence-corrected chi connectivity index (χ0v) is 11.7. The van der Waals surface area contributed by atoms with Crippen LogP contribution >= 0.6 is 0 Å². The summed E-state index contributed by atoms with van der Waals surface area (Å²) in [5.74, 6) is -0.664. The van der Waals surface area contributed by atoms with Crippen molar-refractivity contribution in [3.8, 4) is 0 Å². The van der Waals surface area contributed by atoms with E-state index in [0.717, 1.165) is 12.0 Å². The number of nitrogens with zero attached hydrogens (tertiary/aromatic N) is 2. The van der Waals surface area contributed by atoms with Crippen LogP contribution in [0.4, 0.5) is 4.79 Å². The molecule has 1 aliphatic heterocycles. The highest BCUT2D eigenvalue weighted by Gasteiger charge is 2.28. The summed E-state index contributed by atoms with van der Waals surface area (Å²) in [6, 6.07) is 0. The van der Waals surface area contributed by atoms with E-state index in [1.165, 1.54) is 0 Å². The van der Waals surface area contributed by atoms with Gasteiger partial charge in [-0.05, 0) is 24.3 Å². The Hall–Kier alpha value is -1.98. The van der Waals surface area contributed by atoms with E-state index in [1.54, 1.807) is 11.0 Å². The van der Waals surface area contributed by atoms with Gasteiger partial charge in [0, 0.05) is 24.7 Å². The fourth-order valence-corrected chi connectivity index (χ4v) is 2.15. The maximum atomic E-state index is 11.8. The molecular weight excluding hydrogens is 260 g/mol. The molecule has 1 aliphatic rings. The molecule has 1 heterocycles. The molecule has 0 aliphatic carbocycles. The van der Waals surface area contributed by atoms with Crippen molar-refractivity contribution < 1.29 is 14.3 Å². The zero-order chi connectivity index (χ0) is 15.0. The van der Waals surface area contributed by atoms with E-state index in [4.69, 9.17) is 4.74 Å². The van der Waals surface area contributed by atoms with E-state index in [9.17, 15) is 14.5 Å². The maximum Gasteiger partial charge on any atom is 0.410 e. The van der Waals surface area contributed by atoms with E-state index < -0.39 is 12.0 Å². The quantitative estimate of drug-likeness (QED) is 0.553. The average molecular weight is 280 g/mol. The highest BCUT2D eigenvalue weighted by Crippen LogP contribution is 2.20. The molecule has 0 aromatic carbocycles. The van der Waals surface area contributed by atoms with Gasteiger partial charge in [-0.25, -0.2) is 4.79 Å². The second-order valence-corrected chi connectivity index (χ2v) is 4.74. The standard InChI is InChI=1S/C14H20N2O4/c1-3-5-11(4-2)10-20-14(18)16-7-6-12(9-16)8-13(17)15-19/h4-5,12H,2-3,6-10H2,1H3/b11-5+. The molecule has 0 spiro atoms. The molecule has 0 bridgehead atoms. The van der Waals surface area contributed by atoms with Gasteiger partial charge >= 0.3 is 6.09 Å². The number of amides is 2. The monoisotopic (exact) mass is 280 g/mol. The van der Waals surface area contributed by atoms with Crippen molar-refractivity contribution in [2.45, 2.75) is 26.2 Å². The van der Waals surface area contributed by atoms with Crippen LogP contribution in [0, 0.1) is 10.8 Å². The van der Waals surface area contributed by atoms with Gasteiger partial charge in [-0.1, -0.05) is 25.7 Å². The molecule has 1 rings (SSSR count). The van der Waals surface area contributed by atoms with Gasteiger partial charge in [0.15, 0.2) is 0 Å². The molecule has 20 heavy (non-hydrogen) atoms. The number of ether oxygens (including phenoxy) is 1. The summed E-state index contributed by atoms with van der Waals surface area (Å²) in [6.07, 6.45) is 4.85. The van der Waals surface area contributed by atoms with Crippen LogP contribution in [0.15, 0.2) is 29.5 Å². The van der Waals surface area contributed by atoms with Gasteiger partial charge in [0.1, 0.15) is 6.61 Å². The van der Waals surface area contributed by atoms with E-state index >= 15 is 0 Å². The van der Waals surface area contributed by atoms with Gasteiger partial charge in [-0.3, -0.25) is 4.79 Å². The molecule has 1 atom stereocenters. The molecule has 0 saturated carbocycles. The van der Waals surface area contributed by atoms with Crippen molar-refractivity contribution in [3.05, 3.63) is 29.2 Å². The minimum atomic E-state index is -0.662. The maximum absolute atomic E-state index is 11.8. The van der Waals surface area contributed by atoms with Crippen LogP contribution in [-0.4, -0.2) is 36.6 Å². The van der Waals surface area contributed by atoms with Crippen LogP contribution < -0.4 is 0 Å². The molecule has 1 unspecified atom stereocenters. The van der Waals surface area contributed by atoms with Crippen molar-refractivity contribution in [2.75, 3.05) is 19.7 Å². The van der Waals surface area contributed by atoms with Crippen molar-refractivity contribution in [2.24, 2.45) is 11.1 Å². The SMILES string of the molecule is C=C/C(=C\CC)COC(=O)N1CCC(CC(=O)N=O)C1. The third-order valence-corrected chi connectivity index (χ3v) is 3.20. The minimum Gasteiger partial charge on any atom is -0.445 e.